The Morgan fingerprint density at radius 2 is 1.62 bits per heavy atom. The molecule has 1 atom stereocenters. The first-order valence-electron chi connectivity index (χ1n) is 10.5. The Kier molecular flexibility index (Phi) is 8.51. The standard InChI is InChI=1S/C23H30FN3O4S/c1-6-27(7-2)32(30,31)19-13-8-16(5)20(14-19)25-23(29)21(15(3)4)26-22(28)17-9-11-18(24)12-10-17/h8-15,21H,6-7H2,1-5H3,(H,25,29)(H,26,28)/t21-/m1/s1. The lowest BCUT2D eigenvalue weighted by molar-refractivity contribution is -0.118. The number of carbonyl (C=O) groups excluding carboxylic acids is 2. The van der Waals surface area contributed by atoms with Crippen molar-refractivity contribution in [3.63, 3.8) is 0 Å². The molecule has 0 aliphatic carbocycles. The van der Waals surface area contributed by atoms with E-state index in [1.165, 1.54) is 40.7 Å². The zero-order valence-electron chi connectivity index (χ0n) is 19.0. The molecule has 0 radical (unpaired) electrons. The molecular weight excluding hydrogens is 433 g/mol. The van der Waals surface area contributed by atoms with E-state index < -0.39 is 33.7 Å². The van der Waals surface area contributed by atoms with E-state index in [0.717, 1.165) is 0 Å². The Hall–Kier alpha value is -2.78. The third-order valence-electron chi connectivity index (χ3n) is 5.15. The summed E-state index contributed by atoms with van der Waals surface area (Å²) in [6.45, 7) is 9.50. The maximum Gasteiger partial charge on any atom is 0.251 e. The number of anilines is 1. The molecule has 0 aliphatic heterocycles. The second-order valence-corrected chi connectivity index (χ2v) is 9.70. The lowest BCUT2D eigenvalue weighted by Gasteiger charge is -2.23. The van der Waals surface area contributed by atoms with Crippen LogP contribution in [-0.4, -0.2) is 43.7 Å². The van der Waals surface area contributed by atoms with Gasteiger partial charge in [0.2, 0.25) is 15.9 Å². The number of amides is 2. The predicted octanol–water partition coefficient (Wildman–Crippen LogP) is 3.56. The highest BCUT2D eigenvalue weighted by Gasteiger charge is 2.27. The van der Waals surface area contributed by atoms with Crippen molar-refractivity contribution in [2.75, 3.05) is 18.4 Å². The molecule has 7 nitrogen and oxygen atoms in total. The molecule has 0 aliphatic rings. The third-order valence-corrected chi connectivity index (χ3v) is 7.20. The van der Waals surface area contributed by atoms with Gasteiger partial charge in [0.05, 0.1) is 4.90 Å². The molecule has 0 aromatic heterocycles. The van der Waals surface area contributed by atoms with Gasteiger partial charge in [-0.25, -0.2) is 12.8 Å². The summed E-state index contributed by atoms with van der Waals surface area (Å²) in [5.74, 6) is -1.69. The Balaban J connectivity index is 2.26. The zero-order chi connectivity index (χ0) is 24.1. The Morgan fingerprint density at radius 1 is 1.03 bits per heavy atom. The molecular formula is C23H30FN3O4S. The number of hydrogen-bond acceptors (Lipinski definition) is 4. The average molecular weight is 464 g/mol. The van der Waals surface area contributed by atoms with Crippen molar-refractivity contribution >= 4 is 27.5 Å². The fraction of sp³-hybridized carbons (Fsp3) is 0.391. The molecule has 2 rings (SSSR count). The topological polar surface area (TPSA) is 95.6 Å². The first-order chi connectivity index (χ1) is 15.0. The quantitative estimate of drug-likeness (QED) is 0.594. The molecule has 0 heterocycles. The highest BCUT2D eigenvalue weighted by molar-refractivity contribution is 7.89. The molecule has 0 saturated heterocycles. The van der Waals surface area contributed by atoms with Crippen molar-refractivity contribution in [2.24, 2.45) is 5.92 Å². The molecule has 0 saturated carbocycles. The monoisotopic (exact) mass is 463 g/mol. The van der Waals surface area contributed by atoms with Crippen LogP contribution in [0, 0.1) is 18.7 Å². The van der Waals surface area contributed by atoms with Crippen LogP contribution in [0.4, 0.5) is 10.1 Å². The van der Waals surface area contributed by atoms with Crippen molar-refractivity contribution in [2.45, 2.75) is 45.6 Å². The first-order valence-corrected chi connectivity index (χ1v) is 11.9. The summed E-state index contributed by atoms with van der Waals surface area (Å²) in [6.07, 6.45) is 0. The lowest BCUT2D eigenvalue weighted by atomic mass is 10.0. The minimum Gasteiger partial charge on any atom is -0.340 e. The van der Waals surface area contributed by atoms with Crippen molar-refractivity contribution < 1.29 is 22.4 Å². The Morgan fingerprint density at radius 3 is 2.16 bits per heavy atom. The summed E-state index contributed by atoms with van der Waals surface area (Å²) >= 11 is 0. The zero-order valence-corrected chi connectivity index (χ0v) is 19.8. The van der Waals surface area contributed by atoms with Gasteiger partial charge in [-0.05, 0) is 54.8 Å². The summed E-state index contributed by atoms with van der Waals surface area (Å²) in [5.41, 5.74) is 1.27. The van der Waals surface area contributed by atoms with Crippen LogP contribution in [-0.2, 0) is 14.8 Å². The summed E-state index contributed by atoms with van der Waals surface area (Å²) in [4.78, 5) is 25.6. The van der Waals surface area contributed by atoms with E-state index >= 15 is 0 Å². The van der Waals surface area contributed by atoms with Crippen LogP contribution in [0.2, 0.25) is 0 Å². The van der Waals surface area contributed by atoms with Crippen LogP contribution in [0.15, 0.2) is 47.4 Å². The maximum absolute atomic E-state index is 13.1. The predicted molar refractivity (Wildman–Crippen MR) is 122 cm³/mol. The minimum atomic E-state index is -3.69. The largest absolute Gasteiger partial charge is 0.340 e. The van der Waals surface area contributed by atoms with Gasteiger partial charge < -0.3 is 10.6 Å². The van der Waals surface area contributed by atoms with Crippen LogP contribution < -0.4 is 10.6 Å². The van der Waals surface area contributed by atoms with E-state index in [1.807, 2.05) is 0 Å². The highest BCUT2D eigenvalue weighted by Crippen LogP contribution is 2.23. The van der Waals surface area contributed by atoms with Crippen LogP contribution in [0.3, 0.4) is 0 Å². The SMILES string of the molecule is CCN(CC)S(=O)(=O)c1ccc(C)c(NC(=O)[C@H](NC(=O)c2ccc(F)cc2)C(C)C)c1. The van der Waals surface area contributed by atoms with Gasteiger partial charge in [0.25, 0.3) is 5.91 Å². The molecule has 2 amide bonds. The highest BCUT2D eigenvalue weighted by atomic mass is 32.2. The van der Waals surface area contributed by atoms with Crippen LogP contribution in [0.1, 0.15) is 43.6 Å². The summed E-state index contributed by atoms with van der Waals surface area (Å²) in [5, 5.41) is 5.42. The van der Waals surface area contributed by atoms with E-state index in [4.69, 9.17) is 0 Å². The van der Waals surface area contributed by atoms with Crippen molar-refractivity contribution in [3.8, 4) is 0 Å². The van der Waals surface area contributed by atoms with E-state index in [-0.39, 0.29) is 16.4 Å². The molecule has 0 spiro atoms. The Labute approximate surface area is 189 Å². The first kappa shape index (κ1) is 25.5. The number of hydrogen-bond donors (Lipinski definition) is 2. The van der Waals surface area contributed by atoms with Crippen molar-refractivity contribution in [1.29, 1.82) is 0 Å². The molecule has 0 unspecified atom stereocenters. The second-order valence-electron chi connectivity index (χ2n) is 7.76. The third kappa shape index (κ3) is 5.92. The summed E-state index contributed by atoms with van der Waals surface area (Å²) in [7, 11) is -3.69. The second kappa shape index (κ2) is 10.7. The van der Waals surface area contributed by atoms with Gasteiger partial charge in [-0.15, -0.1) is 0 Å². The van der Waals surface area contributed by atoms with Gasteiger partial charge >= 0.3 is 0 Å². The molecule has 0 bridgehead atoms. The van der Waals surface area contributed by atoms with Crippen molar-refractivity contribution in [3.05, 3.63) is 59.4 Å². The lowest BCUT2D eigenvalue weighted by Crippen LogP contribution is -2.47. The maximum atomic E-state index is 13.1. The van der Waals surface area contributed by atoms with Crippen LogP contribution in [0.5, 0.6) is 0 Å². The molecule has 2 aromatic rings. The van der Waals surface area contributed by atoms with E-state index in [0.29, 0.717) is 24.3 Å². The molecule has 0 fully saturated rings. The van der Waals surface area contributed by atoms with Gasteiger partial charge in [-0.2, -0.15) is 4.31 Å². The van der Waals surface area contributed by atoms with E-state index in [2.05, 4.69) is 10.6 Å². The van der Waals surface area contributed by atoms with E-state index in [9.17, 15) is 22.4 Å². The number of nitrogens with zero attached hydrogens (tertiary/aromatic N) is 1. The van der Waals surface area contributed by atoms with Gasteiger partial charge in [0.1, 0.15) is 11.9 Å². The molecule has 9 heteroatoms. The fourth-order valence-corrected chi connectivity index (χ4v) is 4.66. The van der Waals surface area contributed by atoms with Gasteiger partial charge in [-0.3, -0.25) is 9.59 Å². The fourth-order valence-electron chi connectivity index (χ4n) is 3.18. The molecule has 2 aromatic carbocycles. The van der Waals surface area contributed by atoms with Crippen LogP contribution >= 0.6 is 0 Å². The number of benzene rings is 2. The molecule has 174 valence electrons. The number of halogens is 1. The van der Waals surface area contributed by atoms with Gasteiger partial charge in [0, 0.05) is 24.3 Å². The number of aryl methyl sites for hydroxylation is 1. The van der Waals surface area contributed by atoms with Gasteiger partial charge in [-0.1, -0.05) is 33.8 Å². The Bertz CT molecular complexity index is 1070. The average Bonchev–Trinajstić information content (AvgIpc) is 2.74. The normalized spacial score (nSPS) is 12.6. The molecule has 32 heavy (non-hydrogen) atoms. The van der Waals surface area contributed by atoms with Crippen molar-refractivity contribution in [1.82, 2.24) is 9.62 Å². The smallest absolute Gasteiger partial charge is 0.251 e. The van der Waals surface area contributed by atoms with Crippen LogP contribution in [0.25, 0.3) is 0 Å². The minimum absolute atomic E-state index is 0.0820. The molecule has 2 N–H and O–H groups in total. The summed E-state index contributed by atoms with van der Waals surface area (Å²) < 4.78 is 40.1. The summed E-state index contributed by atoms with van der Waals surface area (Å²) in [6, 6.07) is 8.71. The number of nitrogens with one attached hydrogen (secondary N) is 2. The number of sulfonamides is 1. The number of rotatable bonds is 9. The number of carbonyl (C=O) groups is 2. The van der Waals surface area contributed by atoms with Gasteiger partial charge in [0.15, 0.2) is 0 Å². The van der Waals surface area contributed by atoms with E-state index in [1.54, 1.807) is 40.7 Å².